The number of halogens is 1. The third-order valence-electron chi connectivity index (χ3n) is 2.67. The smallest absolute Gasteiger partial charge is 0.255 e. The number of hydrogen-bond donors (Lipinski definition) is 2. The second-order valence-corrected chi connectivity index (χ2v) is 5.03. The second-order valence-electron chi connectivity index (χ2n) is 4.31. The van der Waals surface area contributed by atoms with Crippen LogP contribution in [0.1, 0.15) is 36.0 Å². The van der Waals surface area contributed by atoms with Crippen molar-refractivity contribution in [2.75, 3.05) is 6.54 Å². The maximum atomic E-state index is 11.7. The van der Waals surface area contributed by atoms with Crippen LogP contribution >= 0.6 is 15.9 Å². The molecule has 1 aromatic rings. The maximum absolute atomic E-state index is 11.7. The summed E-state index contributed by atoms with van der Waals surface area (Å²) in [5.41, 5.74) is 0.470. The summed E-state index contributed by atoms with van der Waals surface area (Å²) in [5, 5.41) is 5.65. The molecule has 1 saturated carbocycles. The molecule has 1 fully saturated rings. The van der Waals surface area contributed by atoms with Crippen molar-refractivity contribution in [3.63, 3.8) is 0 Å². The fraction of sp³-hybridized carbons (Fsp3) is 0.500. The first-order valence-electron chi connectivity index (χ1n) is 5.97. The Morgan fingerprint density at radius 3 is 2.83 bits per heavy atom. The summed E-state index contributed by atoms with van der Waals surface area (Å²) in [6.45, 7) is 0.481. The van der Waals surface area contributed by atoms with E-state index in [-0.39, 0.29) is 11.8 Å². The highest BCUT2D eigenvalue weighted by Gasteiger charge is 2.22. The molecule has 1 heterocycles. The summed E-state index contributed by atoms with van der Waals surface area (Å²) in [6.07, 6.45) is 4.72. The van der Waals surface area contributed by atoms with Crippen LogP contribution in [0.15, 0.2) is 21.4 Å². The molecular formula is C12H15BrN2O3. The molecule has 2 N–H and O–H groups in total. The summed E-state index contributed by atoms with van der Waals surface area (Å²) < 4.78 is 5.40. The molecule has 1 aromatic heterocycles. The number of carbonyl (C=O) groups is 2. The zero-order chi connectivity index (χ0) is 13.0. The Morgan fingerprint density at radius 1 is 1.44 bits per heavy atom. The van der Waals surface area contributed by atoms with Crippen LogP contribution in [0.25, 0.3) is 0 Å². The number of nitrogens with one attached hydrogen (secondary N) is 2. The number of amides is 2. The van der Waals surface area contributed by atoms with Crippen LogP contribution in [0, 0.1) is 0 Å². The molecule has 0 aliphatic heterocycles. The molecular weight excluding hydrogens is 300 g/mol. The quantitative estimate of drug-likeness (QED) is 0.787. The monoisotopic (exact) mass is 314 g/mol. The van der Waals surface area contributed by atoms with Crippen molar-refractivity contribution in [3.05, 3.63) is 22.6 Å². The Hall–Kier alpha value is -1.30. The van der Waals surface area contributed by atoms with E-state index in [0.717, 1.165) is 12.8 Å². The minimum absolute atomic E-state index is 0.0660. The van der Waals surface area contributed by atoms with Gasteiger partial charge in [-0.1, -0.05) is 0 Å². The Labute approximate surface area is 113 Å². The first-order chi connectivity index (χ1) is 8.66. The molecule has 6 heteroatoms. The SMILES string of the molecule is O=C(CCCNC(=O)c1ccoc1Br)NC1CC1. The lowest BCUT2D eigenvalue weighted by atomic mass is 10.2. The summed E-state index contributed by atoms with van der Waals surface area (Å²) in [5.74, 6) is -0.130. The fourth-order valence-electron chi connectivity index (χ4n) is 1.53. The van der Waals surface area contributed by atoms with E-state index >= 15 is 0 Å². The molecule has 0 spiro atoms. The molecule has 0 aromatic carbocycles. The molecule has 0 unspecified atom stereocenters. The minimum Gasteiger partial charge on any atom is -0.457 e. The molecule has 1 aliphatic rings. The van der Waals surface area contributed by atoms with Crippen LogP contribution in [0.4, 0.5) is 0 Å². The van der Waals surface area contributed by atoms with Gasteiger partial charge in [-0.2, -0.15) is 0 Å². The van der Waals surface area contributed by atoms with E-state index in [4.69, 9.17) is 4.42 Å². The summed E-state index contributed by atoms with van der Waals surface area (Å²) >= 11 is 3.14. The van der Waals surface area contributed by atoms with Gasteiger partial charge in [0, 0.05) is 19.0 Å². The first kappa shape index (κ1) is 13.1. The number of carbonyl (C=O) groups excluding carboxylic acids is 2. The van der Waals surface area contributed by atoms with Crippen molar-refractivity contribution in [3.8, 4) is 0 Å². The van der Waals surface area contributed by atoms with Gasteiger partial charge in [0.25, 0.3) is 5.91 Å². The van der Waals surface area contributed by atoms with Crippen LogP contribution in [0.3, 0.4) is 0 Å². The molecule has 0 radical (unpaired) electrons. The topological polar surface area (TPSA) is 71.3 Å². The van der Waals surface area contributed by atoms with Gasteiger partial charge in [-0.05, 0) is 41.3 Å². The number of rotatable bonds is 6. The van der Waals surface area contributed by atoms with E-state index in [0.29, 0.717) is 35.7 Å². The normalized spacial score (nSPS) is 14.3. The molecule has 2 amide bonds. The lowest BCUT2D eigenvalue weighted by Gasteiger charge is -2.04. The van der Waals surface area contributed by atoms with Crippen molar-refractivity contribution < 1.29 is 14.0 Å². The van der Waals surface area contributed by atoms with Crippen molar-refractivity contribution in [1.29, 1.82) is 0 Å². The van der Waals surface area contributed by atoms with Gasteiger partial charge in [-0.3, -0.25) is 9.59 Å². The highest BCUT2D eigenvalue weighted by Crippen LogP contribution is 2.19. The van der Waals surface area contributed by atoms with Crippen LogP contribution < -0.4 is 10.6 Å². The highest BCUT2D eigenvalue weighted by molar-refractivity contribution is 9.10. The van der Waals surface area contributed by atoms with Crippen LogP contribution in [-0.4, -0.2) is 24.4 Å². The van der Waals surface area contributed by atoms with Crippen LogP contribution in [0.2, 0.25) is 0 Å². The lowest BCUT2D eigenvalue weighted by Crippen LogP contribution is -2.28. The number of furan rings is 1. The van der Waals surface area contributed by atoms with Gasteiger partial charge in [0.1, 0.15) is 0 Å². The molecule has 18 heavy (non-hydrogen) atoms. The molecule has 0 bridgehead atoms. The van der Waals surface area contributed by atoms with E-state index < -0.39 is 0 Å². The largest absolute Gasteiger partial charge is 0.457 e. The summed E-state index contributed by atoms with van der Waals surface area (Å²) in [6, 6.07) is 1.99. The standard InChI is InChI=1S/C12H15BrN2O3/c13-11-9(5-7-18-11)12(17)14-6-1-2-10(16)15-8-3-4-8/h5,7-8H,1-4,6H2,(H,14,17)(H,15,16). The Kier molecular flexibility index (Phi) is 4.41. The lowest BCUT2D eigenvalue weighted by molar-refractivity contribution is -0.121. The summed E-state index contributed by atoms with van der Waals surface area (Å²) in [4.78, 5) is 23.0. The van der Waals surface area contributed by atoms with Crippen molar-refractivity contribution in [2.45, 2.75) is 31.7 Å². The van der Waals surface area contributed by atoms with Crippen LogP contribution in [-0.2, 0) is 4.79 Å². The van der Waals surface area contributed by atoms with Crippen LogP contribution in [0.5, 0.6) is 0 Å². The van der Waals surface area contributed by atoms with E-state index in [1.54, 1.807) is 6.07 Å². The molecule has 0 atom stereocenters. The second kappa shape index (κ2) is 6.04. The molecule has 2 rings (SSSR count). The van der Waals surface area contributed by atoms with Gasteiger partial charge in [-0.15, -0.1) is 0 Å². The van der Waals surface area contributed by atoms with E-state index in [1.165, 1.54) is 6.26 Å². The van der Waals surface area contributed by atoms with Crippen molar-refractivity contribution >= 4 is 27.7 Å². The first-order valence-corrected chi connectivity index (χ1v) is 6.76. The van der Waals surface area contributed by atoms with E-state index in [2.05, 4.69) is 26.6 Å². The van der Waals surface area contributed by atoms with Gasteiger partial charge in [0.15, 0.2) is 4.67 Å². The fourth-order valence-corrected chi connectivity index (χ4v) is 1.95. The third kappa shape index (κ3) is 3.87. The van der Waals surface area contributed by atoms with Crippen molar-refractivity contribution in [1.82, 2.24) is 10.6 Å². The van der Waals surface area contributed by atoms with Gasteiger partial charge < -0.3 is 15.1 Å². The average Bonchev–Trinajstić information content (AvgIpc) is 3.04. The van der Waals surface area contributed by atoms with Gasteiger partial charge in [0.05, 0.1) is 11.8 Å². The Bertz CT molecular complexity index is 440. The molecule has 0 saturated heterocycles. The highest BCUT2D eigenvalue weighted by atomic mass is 79.9. The predicted octanol–water partition coefficient (Wildman–Crippen LogP) is 1.83. The van der Waals surface area contributed by atoms with Crippen molar-refractivity contribution in [2.24, 2.45) is 0 Å². The Morgan fingerprint density at radius 2 is 2.22 bits per heavy atom. The zero-order valence-electron chi connectivity index (χ0n) is 9.87. The Balaban J connectivity index is 1.61. The van der Waals surface area contributed by atoms with E-state index in [9.17, 15) is 9.59 Å². The van der Waals surface area contributed by atoms with Gasteiger partial charge >= 0.3 is 0 Å². The third-order valence-corrected chi connectivity index (χ3v) is 3.29. The molecule has 5 nitrogen and oxygen atoms in total. The maximum Gasteiger partial charge on any atom is 0.255 e. The van der Waals surface area contributed by atoms with Gasteiger partial charge in [0.2, 0.25) is 5.91 Å². The number of hydrogen-bond acceptors (Lipinski definition) is 3. The zero-order valence-corrected chi connectivity index (χ0v) is 11.5. The van der Waals surface area contributed by atoms with Gasteiger partial charge in [-0.25, -0.2) is 0 Å². The molecule has 98 valence electrons. The average molecular weight is 315 g/mol. The molecule has 1 aliphatic carbocycles. The summed E-state index contributed by atoms with van der Waals surface area (Å²) in [7, 11) is 0. The predicted molar refractivity (Wildman–Crippen MR) is 69.1 cm³/mol. The van der Waals surface area contributed by atoms with E-state index in [1.807, 2.05) is 0 Å². The minimum atomic E-state index is -0.196.